The Kier molecular flexibility index (Phi) is 5.44. The van der Waals surface area contributed by atoms with Crippen LogP contribution in [0, 0.1) is 0 Å². The first-order valence-electron chi connectivity index (χ1n) is 6.55. The van der Waals surface area contributed by atoms with Gasteiger partial charge in [0, 0.05) is 0 Å². The van der Waals surface area contributed by atoms with Crippen LogP contribution in [0.3, 0.4) is 0 Å². The van der Waals surface area contributed by atoms with E-state index in [0.717, 1.165) is 9.47 Å². The fourth-order valence-corrected chi connectivity index (χ4v) is 13.2. The molecule has 2 aliphatic carbocycles. The van der Waals surface area contributed by atoms with Crippen LogP contribution in [-0.4, -0.2) is 15.3 Å². The number of halogens is 1. The number of alkyl halides is 1. The monoisotopic (exact) mass is 338 g/mol. The third-order valence-corrected chi connectivity index (χ3v) is 14.0. The van der Waals surface area contributed by atoms with Crippen molar-refractivity contribution in [3.8, 4) is 0 Å². The van der Waals surface area contributed by atoms with E-state index in [9.17, 15) is 4.80 Å². The third kappa shape index (κ3) is 4.00. The maximum absolute atomic E-state index is 10.4. The molecule has 2 saturated carbocycles. The fourth-order valence-electron chi connectivity index (χ4n) is 2.75. The molecule has 2 rings (SSSR count). The fraction of sp³-hybridized carbons (Fsp3) is 1.00. The second kappa shape index (κ2) is 6.60. The third-order valence-electron chi connectivity index (χ3n) is 3.74. The molecule has 2 aliphatic rings. The van der Waals surface area contributed by atoms with Crippen molar-refractivity contribution in [3.63, 3.8) is 0 Å². The van der Waals surface area contributed by atoms with E-state index in [1.54, 1.807) is 0 Å². The van der Waals surface area contributed by atoms with Gasteiger partial charge in [0.25, 0.3) is 0 Å². The molecule has 0 amide bonds. The van der Waals surface area contributed by atoms with E-state index >= 15 is 0 Å². The minimum absolute atomic E-state index is 0.173. The van der Waals surface area contributed by atoms with E-state index < -0.39 is 6.54 Å². The number of hydrogen-bond acceptors (Lipinski definition) is 1. The van der Waals surface area contributed by atoms with Gasteiger partial charge in [0.2, 0.25) is 0 Å². The zero-order chi connectivity index (χ0) is 10.5. The van der Waals surface area contributed by atoms with E-state index in [-0.39, 0.29) is 20.4 Å². The predicted molar refractivity (Wildman–Crippen MR) is 61.7 cm³/mol. The normalized spacial score (nSPS) is 26.3. The Bertz CT molecular complexity index is 176. The van der Waals surface area contributed by atoms with Gasteiger partial charge in [-0.15, -0.1) is 0 Å². The average molecular weight is 338 g/mol. The Morgan fingerprint density at radius 1 is 0.800 bits per heavy atom. The second-order valence-electron chi connectivity index (χ2n) is 5.00. The van der Waals surface area contributed by atoms with E-state index in [4.69, 9.17) is 0 Å². The first-order valence-corrected chi connectivity index (χ1v) is 12.4. The molecular weight excluding hydrogens is 315 g/mol. The zero-order valence-electron chi connectivity index (χ0n) is 9.55. The van der Waals surface area contributed by atoms with Gasteiger partial charge in [-0.1, -0.05) is 0 Å². The summed E-state index contributed by atoms with van der Waals surface area (Å²) >= 11 is 0.173. The van der Waals surface area contributed by atoms with Crippen LogP contribution in [0.5, 0.6) is 0 Å². The van der Waals surface area contributed by atoms with Crippen molar-refractivity contribution in [1.29, 1.82) is 0 Å². The van der Waals surface area contributed by atoms with Crippen LogP contribution < -0.4 is 20.4 Å². The summed E-state index contributed by atoms with van der Waals surface area (Å²) in [5.74, 6) is 0. The first kappa shape index (κ1) is 12.4. The SMILES string of the molecule is O[Si]([I-]C1CCCCC1)C1CCCCC1. The molecule has 0 saturated heterocycles. The van der Waals surface area contributed by atoms with E-state index in [2.05, 4.69) is 0 Å². The molecule has 0 bridgehead atoms. The molecule has 15 heavy (non-hydrogen) atoms. The van der Waals surface area contributed by atoms with Crippen molar-refractivity contribution in [3.05, 3.63) is 0 Å². The molecule has 3 heteroatoms. The van der Waals surface area contributed by atoms with Gasteiger partial charge in [0.1, 0.15) is 0 Å². The van der Waals surface area contributed by atoms with Crippen molar-refractivity contribution in [2.24, 2.45) is 0 Å². The van der Waals surface area contributed by atoms with Crippen LogP contribution >= 0.6 is 0 Å². The van der Waals surface area contributed by atoms with Crippen molar-refractivity contribution in [1.82, 2.24) is 0 Å². The quantitative estimate of drug-likeness (QED) is 0.338. The van der Waals surface area contributed by atoms with E-state index in [1.165, 1.54) is 64.2 Å². The molecule has 89 valence electrons. The average Bonchev–Trinajstić information content (AvgIpc) is 2.31. The van der Waals surface area contributed by atoms with E-state index in [0.29, 0.717) is 0 Å². The summed E-state index contributed by atoms with van der Waals surface area (Å²) in [6.45, 7) is -0.879. The molecule has 0 aromatic heterocycles. The van der Waals surface area contributed by atoms with Gasteiger partial charge >= 0.3 is 105 Å². The van der Waals surface area contributed by atoms with Gasteiger partial charge in [-0.05, 0) is 0 Å². The summed E-state index contributed by atoms with van der Waals surface area (Å²) in [6.07, 6.45) is 14.2. The van der Waals surface area contributed by atoms with Crippen molar-refractivity contribution in [2.45, 2.75) is 73.7 Å². The van der Waals surface area contributed by atoms with Gasteiger partial charge < -0.3 is 0 Å². The van der Waals surface area contributed by atoms with Crippen LogP contribution in [0.25, 0.3) is 0 Å². The minimum atomic E-state index is -0.879. The van der Waals surface area contributed by atoms with Crippen LogP contribution in [0.2, 0.25) is 5.54 Å². The summed E-state index contributed by atoms with van der Waals surface area (Å²) in [4.78, 5) is 10.4. The molecular formula is C12H23IOSi-. The summed E-state index contributed by atoms with van der Waals surface area (Å²) in [6, 6.07) is 0. The Morgan fingerprint density at radius 2 is 1.33 bits per heavy atom. The molecule has 0 heterocycles. The molecule has 0 spiro atoms. The van der Waals surface area contributed by atoms with Gasteiger partial charge in [-0.2, -0.15) is 0 Å². The molecule has 0 aromatic rings. The Morgan fingerprint density at radius 3 is 1.93 bits per heavy atom. The molecule has 0 aliphatic heterocycles. The summed E-state index contributed by atoms with van der Waals surface area (Å²) in [7, 11) is 0. The maximum atomic E-state index is 10.4. The first-order chi connectivity index (χ1) is 7.36. The number of rotatable bonds is 3. The van der Waals surface area contributed by atoms with Gasteiger partial charge in [-0.25, -0.2) is 0 Å². The molecule has 0 unspecified atom stereocenters. The van der Waals surface area contributed by atoms with Crippen molar-refractivity contribution >= 4 is 6.54 Å². The van der Waals surface area contributed by atoms with Crippen LogP contribution in [0.15, 0.2) is 0 Å². The van der Waals surface area contributed by atoms with Crippen molar-refractivity contribution in [2.75, 3.05) is 0 Å². The van der Waals surface area contributed by atoms with Gasteiger partial charge in [0.15, 0.2) is 0 Å². The molecule has 1 radical (unpaired) electrons. The van der Waals surface area contributed by atoms with E-state index in [1.807, 2.05) is 0 Å². The summed E-state index contributed by atoms with van der Waals surface area (Å²) in [5.41, 5.74) is 0.790. The molecule has 0 aromatic carbocycles. The Balaban J connectivity index is 1.72. The second-order valence-corrected chi connectivity index (χ2v) is 13.6. The Labute approximate surface area is 105 Å². The standard InChI is InChI=1S/C12H23IOSi/c14-15(12-9-5-2-6-10-12)13-11-7-3-1-4-8-11/h11-12,14H,1-10H2/q-1. The predicted octanol–water partition coefficient (Wildman–Crippen LogP) is 0.223. The van der Waals surface area contributed by atoms with Gasteiger partial charge in [-0.3, -0.25) is 0 Å². The summed E-state index contributed by atoms with van der Waals surface area (Å²) in [5, 5.41) is 0. The van der Waals surface area contributed by atoms with Crippen LogP contribution in [-0.2, 0) is 0 Å². The summed E-state index contributed by atoms with van der Waals surface area (Å²) < 4.78 is 0.998. The van der Waals surface area contributed by atoms with Gasteiger partial charge in [0.05, 0.1) is 0 Å². The molecule has 1 N–H and O–H groups in total. The van der Waals surface area contributed by atoms with Crippen LogP contribution in [0.4, 0.5) is 0 Å². The zero-order valence-corrected chi connectivity index (χ0v) is 12.7. The Hall–Kier alpha value is 0.907. The molecule has 2 fully saturated rings. The molecule has 0 atom stereocenters. The van der Waals surface area contributed by atoms with Crippen LogP contribution in [0.1, 0.15) is 64.2 Å². The van der Waals surface area contributed by atoms with Crippen molar-refractivity contribution < 1.29 is 25.2 Å². The molecule has 1 nitrogen and oxygen atoms in total. The topological polar surface area (TPSA) is 20.2 Å². The number of hydrogen-bond donors (Lipinski definition) is 1.